The van der Waals surface area contributed by atoms with Crippen LogP contribution in [0.25, 0.3) is 0 Å². The van der Waals surface area contributed by atoms with Gasteiger partial charge in [-0.25, -0.2) is 0 Å². The summed E-state index contributed by atoms with van der Waals surface area (Å²) >= 11 is 0. The Kier molecular flexibility index (Phi) is 5.75. The normalized spacial score (nSPS) is 41.0. The average molecular weight is 324 g/mol. The zero-order valence-corrected chi connectivity index (χ0v) is 15.8. The first kappa shape index (κ1) is 17.1. The van der Waals surface area contributed by atoms with E-state index in [4.69, 9.17) is 0 Å². The Labute approximate surface area is 138 Å². The average Bonchev–Trinajstić information content (AvgIpc) is 2.56. The van der Waals surface area contributed by atoms with Gasteiger partial charge in [-0.1, -0.05) is 58.8 Å². The first-order valence-electron chi connectivity index (χ1n) is 10.2. The molecule has 3 saturated carbocycles. The van der Waals surface area contributed by atoms with Crippen molar-refractivity contribution in [3.8, 4) is 0 Å². The first-order valence-corrected chi connectivity index (χ1v) is 12.1. The molecule has 0 unspecified atom stereocenters. The number of hydrogen-bond acceptors (Lipinski definition) is 1. The van der Waals surface area contributed by atoms with Gasteiger partial charge in [0.25, 0.3) is 0 Å². The summed E-state index contributed by atoms with van der Waals surface area (Å²) in [5, 5.41) is 0. The van der Waals surface area contributed by atoms with Crippen LogP contribution in [0.4, 0.5) is 0 Å². The molecular formula is C20H37OP. The van der Waals surface area contributed by atoms with E-state index in [0.29, 0.717) is 17.0 Å². The summed E-state index contributed by atoms with van der Waals surface area (Å²) < 4.78 is 14.5. The highest BCUT2D eigenvalue weighted by molar-refractivity contribution is 7.66. The minimum atomic E-state index is -2.00. The predicted molar refractivity (Wildman–Crippen MR) is 97.3 cm³/mol. The van der Waals surface area contributed by atoms with Crippen molar-refractivity contribution in [3.05, 3.63) is 0 Å². The monoisotopic (exact) mass is 324 g/mol. The molecular weight excluding hydrogens is 287 g/mol. The van der Waals surface area contributed by atoms with Crippen LogP contribution >= 0.6 is 7.14 Å². The number of hydrogen-bond donors (Lipinski definition) is 0. The van der Waals surface area contributed by atoms with Crippen LogP contribution in [0, 0.1) is 11.8 Å². The molecule has 0 aliphatic heterocycles. The van der Waals surface area contributed by atoms with Crippen molar-refractivity contribution in [2.45, 2.75) is 114 Å². The van der Waals surface area contributed by atoms with Gasteiger partial charge < -0.3 is 4.57 Å². The molecule has 0 spiro atoms. The maximum absolute atomic E-state index is 14.5. The molecule has 0 aromatic heterocycles. The van der Waals surface area contributed by atoms with Crippen molar-refractivity contribution >= 4 is 7.14 Å². The fraction of sp³-hybridized carbons (Fsp3) is 1.00. The Balaban J connectivity index is 1.79. The number of rotatable bonds is 3. The summed E-state index contributed by atoms with van der Waals surface area (Å²) in [7, 11) is -2.00. The maximum atomic E-state index is 14.5. The first-order chi connectivity index (χ1) is 10.6. The molecule has 0 radical (unpaired) electrons. The Morgan fingerprint density at radius 1 is 0.545 bits per heavy atom. The van der Waals surface area contributed by atoms with Gasteiger partial charge in [-0.05, 0) is 50.4 Å². The quantitative estimate of drug-likeness (QED) is 0.519. The molecule has 0 amide bonds. The van der Waals surface area contributed by atoms with Gasteiger partial charge in [0.2, 0.25) is 0 Å². The third kappa shape index (κ3) is 3.50. The molecule has 0 heterocycles. The summed E-state index contributed by atoms with van der Waals surface area (Å²) in [5.74, 6) is 1.75. The lowest BCUT2D eigenvalue weighted by atomic mass is 9.90. The van der Waals surface area contributed by atoms with Gasteiger partial charge in [-0.2, -0.15) is 0 Å². The Morgan fingerprint density at radius 2 is 0.909 bits per heavy atom. The van der Waals surface area contributed by atoms with Crippen LogP contribution in [-0.2, 0) is 4.57 Å². The lowest BCUT2D eigenvalue weighted by molar-refractivity contribution is 0.350. The zero-order valence-electron chi connectivity index (χ0n) is 14.9. The van der Waals surface area contributed by atoms with Crippen LogP contribution < -0.4 is 0 Å². The van der Waals surface area contributed by atoms with E-state index in [9.17, 15) is 4.57 Å². The molecule has 0 saturated heterocycles. The minimum absolute atomic E-state index is 0.602. The Hall–Kier alpha value is 0.230. The molecule has 3 aliphatic carbocycles. The van der Waals surface area contributed by atoms with E-state index in [-0.39, 0.29) is 0 Å². The molecule has 0 aromatic rings. The fourth-order valence-electron chi connectivity index (χ4n) is 5.67. The van der Waals surface area contributed by atoms with E-state index in [2.05, 4.69) is 13.8 Å². The van der Waals surface area contributed by atoms with Crippen LogP contribution in [0.1, 0.15) is 97.3 Å². The van der Waals surface area contributed by atoms with E-state index < -0.39 is 7.14 Å². The third-order valence-corrected chi connectivity index (χ3v) is 12.2. The molecule has 0 N–H and O–H groups in total. The van der Waals surface area contributed by atoms with E-state index in [1.807, 2.05) is 0 Å². The van der Waals surface area contributed by atoms with Crippen LogP contribution in [-0.4, -0.2) is 17.0 Å². The topological polar surface area (TPSA) is 17.1 Å². The van der Waals surface area contributed by atoms with Gasteiger partial charge in [-0.15, -0.1) is 0 Å². The van der Waals surface area contributed by atoms with Gasteiger partial charge in [0, 0.05) is 17.0 Å². The maximum Gasteiger partial charge on any atom is 0.0965 e. The van der Waals surface area contributed by atoms with Gasteiger partial charge in [0.15, 0.2) is 0 Å². The second-order valence-corrected chi connectivity index (χ2v) is 12.6. The van der Waals surface area contributed by atoms with E-state index in [0.717, 1.165) is 11.8 Å². The molecule has 3 fully saturated rings. The molecule has 22 heavy (non-hydrogen) atoms. The van der Waals surface area contributed by atoms with Crippen molar-refractivity contribution in [1.29, 1.82) is 0 Å². The lowest BCUT2D eigenvalue weighted by Crippen LogP contribution is -2.33. The SMILES string of the molecule is CC1CCC(P(=O)(C2CCCCC2)C2CCC(C)CC2)CC1. The smallest absolute Gasteiger partial charge is 0.0965 e. The summed E-state index contributed by atoms with van der Waals surface area (Å²) in [4.78, 5) is 0. The van der Waals surface area contributed by atoms with E-state index in [1.165, 1.54) is 83.5 Å². The molecule has 0 aromatic carbocycles. The summed E-state index contributed by atoms with van der Waals surface area (Å²) in [6, 6.07) is 0. The molecule has 0 atom stereocenters. The fourth-order valence-corrected chi connectivity index (χ4v) is 10.8. The second kappa shape index (κ2) is 7.42. The van der Waals surface area contributed by atoms with E-state index in [1.54, 1.807) is 0 Å². The standard InChI is InChI=1S/C20H37OP/c1-16-8-12-19(13-9-16)22(21,18-6-4-3-5-7-18)20-14-10-17(2)11-15-20/h16-20H,3-15H2,1-2H3. The highest BCUT2D eigenvalue weighted by Crippen LogP contribution is 2.68. The molecule has 0 bridgehead atoms. The highest BCUT2D eigenvalue weighted by atomic mass is 31.2. The second-order valence-electron chi connectivity index (χ2n) is 8.88. The van der Waals surface area contributed by atoms with Gasteiger partial charge in [0.1, 0.15) is 0 Å². The molecule has 128 valence electrons. The minimum Gasteiger partial charge on any atom is -0.323 e. The molecule has 3 rings (SSSR count). The van der Waals surface area contributed by atoms with Crippen molar-refractivity contribution in [2.75, 3.05) is 0 Å². The molecule has 1 nitrogen and oxygen atoms in total. The zero-order chi connectivity index (χ0) is 15.6. The van der Waals surface area contributed by atoms with Crippen molar-refractivity contribution in [3.63, 3.8) is 0 Å². The predicted octanol–water partition coefficient (Wildman–Crippen LogP) is 6.84. The Bertz CT molecular complexity index is 357. The summed E-state index contributed by atoms with van der Waals surface area (Å²) in [6.45, 7) is 4.79. The third-order valence-electron chi connectivity index (χ3n) is 7.26. The van der Waals surface area contributed by atoms with Gasteiger partial charge in [0.05, 0.1) is 7.14 Å². The molecule has 2 heteroatoms. The molecule has 3 aliphatic rings. The summed E-state index contributed by atoms with van der Waals surface area (Å²) in [6.07, 6.45) is 17.1. The van der Waals surface area contributed by atoms with Crippen LogP contribution in [0.5, 0.6) is 0 Å². The lowest BCUT2D eigenvalue weighted by Gasteiger charge is -2.45. The van der Waals surface area contributed by atoms with Crippen LogP contribution in [0.3, 0.4) is 0 Å². The van der Waals surface area contributed by atoms with Gasteiger partial charge >= 0.3 is 0 Å². The van der Waals surface area contributed by atoms with Crippen molar-refractivity contribution < 1.29 is 4.57 Å². The van der Waals surface area contributed by atoms with Crippen molar-refractivity contribution in [1.82, 2.24) is 0 Å². The van der Waals surface area contributed by atoms with Crippen LogP contribution in [0.15, 0.2) is 0 Å². The largest absolute Gasteiger partial charge is 0.323 e. The summed E-state index contributed by atoms with van der Waals surface area (Å²) in [5.41, 5.74) is 1.81. The van der Waals surface area contributed by atoms with E-state index >= 15 is 0 Å². The highest BCUT2D eigenvalue weighted by Gasteiger charge is 2.47. The van der Waals surface area contributed by atoms with Gasteiger partial charge in [-0.3, -0.25) is 0 Å². The van der Waals surface area contributed by atoms with Crippen LogP contribution in [0.2, 0.25) is 0 Å². The Morgan fingerprint density at radius 3 is 1.32 bits per heavy atom. The van der Waals surface area contributed by atoms with Crippen molar-refractivity contribution in [2.24, 2.45) is 11.8 Å².